The van der Waals surface area contributed by atoms with Gasteiger partial charge in [0.05, 0.1) is 13.2 Å². The molecule has 2 heterocycles. The third-order valence-electron chi connectivity index (χ3n) is 4.75. The summed E-state index contributed by atoms with van der Waals surface area (Å²) >= 11 is 0. The number of ether oxygens (including phenoxy) is 1. The lowest BCUT2D eigenvalue weighted by Gasteiger charge is -2.33. The minimum atomic E-state index is -0.281. The van der Waals surface area contributed by atoms with E-state index in [2.05, 4.69) is 5.16 Å². The van der Waals surface area contributed by atoms with Gasteiger partial charge in [0.15, 0.2) is 5.69 Å². The molecule has 1 amide bonds. The van der Waals surface area contributed by atoms with E-state index in [1.807, 2.05) is 0 Å². The number of amides is 1. The molecule has 5 nitrogen and oxygen atoms in total. The van der Waals surface area contributed by atoms with E-state index in [0.29, 0.717) is 25.4 Å². The van der Waals surface area contributed by atoms with Crippen LogP contribution in [-0.2, 0) is 17.6 Å². The molecule has 2 aromatic rings. The van der Waals surface area contributed by atoms with Gasteiger partial charge in [-0.15, -0.1) is 0 Å². The van der Waals surface area contributed by atoms with Crippen molar-refractivity contribution in [2.75, 3.05) is 19.7 Å². The fraction of sp³-hybridized carbons (Fsp3) is 0.444. The summed E-state index contributed by atoms with van der Waals surface area (Å²) in [6.07, 6.45) is 3.62. The number of hydrogen-bond donors (Lipinski definition) is 0. The van der Waals surface area contributed by atoms with Crippen LogP contribution in [0.5, 0.6) is 0 Å². The second-order valence-corrected chi connectivity index (χ2v) is 6.30. The molecular formula is C18H19FN2O3. The van der Waals surface area contributed by atoms with Crippen LogP contribution in [-0.4, -0.2) is 35.7 Å². The number of benzene rings is 1. The zero-order chi connectivity index (χ0) is 16.5. The van der Waals surface area contributed by atoms with Crippen LogP contribution in [0.15, 0.2) is 28.8 Å². The predicted octanol–water partition coefficient (Wildman–Crippen LogP) is 2.91. The molecule has 0 saturated carbocycles. The van der Waals surface area contributed by atoms with Crippen molar-refractivity contribution in [3.05, 3.63) is 52.7 Å². The monoisotopic (exact) mass is 330 g/mol. The van der Waals surface area contributed by atoms with Crippen molar-refractivity contribution in [1.82, 2.24) is 10.1 Å². The summed E-state index contributed by atoms with van der Waals surface area (Å²) in [7, 11) is 0. The quantitative estimate of drug-likeness (QED) is 0.849. The van der Waals surface area contributed by atoms with Crippen molar-refractivity contribution in [3.63, 3.8) is 0 Å². The van der Waals surface area contributed by atoms with Gasteiger partial charge < -0.3 is 14.2 Å². The average molecular weight is 330 g/mol. The third kappa shape index (κ3) is 2.82. The summed E-state index contributed by atoms with van der Waals surface area (Å²) in [4.78, 5) is 14.6. The fourth-order valence-corrected chi connectivity index (χ4v) is 3.42. The Labute approximate surface area is 139 Å². The van der Waals surface area contributed by atoms with Crippen LogP contribution in [0, 0.1) is 5.82 Å². The number of carbonyl (C=O) groups is 1. The van der Waals surface area contributed by atoms with Gasteiger partial charge in [0.25, 0.3) is 5.91 Å². The maximum atomic E-state index is 13.1. The van der Waals surface area contributed by atoms with Gasteiger partial charge in [-0.05, 0) is 37.0 Å². The zero-order valence-electron chi connectivity index (χ0n) is 13.3. The van der Waals surface area contributed by atoms with Crippen molar-refractivity contribution in [2.24, 2.45) is 0 Å². The molecule has 2 aliphatic rings. The zero-order valence-corrected chi connectivity index (χ0v) is 13.3. The highest BCUT2D eigenvalue weighted by molar-refractivity contribution is 5.94. The van der Waals surface area contributed by atoms with Crippen LogP contribution in [0.1, 0.15) is 46.3 Å². The maximum absolute atomic E-state index is 13.1. The van der Waals surface area contributed by atoms with Crippen LogP contribution in [0.3, 0.4) is 0 Å². The number of halogens is 1. The Hall–Kier alpha value is -2.21. The average Bonchev–Trinajstić information content (AvgIpc) is 3.06. The van der Waals surface area contributed by atoms with Gasteiger partial charge in [0.1, 0.15) is 17.7 Å². The molecule has 0 spiro atoms. The molecule has 1 fully saturated rings. The molecular weight excluding hydrogens is 311 g/mol. The normalized spacial score (nSPS) is 20.7. The van der Waals surface area contributed by atoms with E-state index in [1.54, 1.807) is 17.0 Å². The van der Waals surface area contributed by atoms with Crippen LogP contribution in [0.4, 0.5) is 4.39 Å². The van der Waals surface area contributed by atoms with Gasteiger partial charge in [-0.25, -0.2) is 4.39 Å². The Morgan fingerprint density at radius 3 is 2.83 bits per heavy atom. The Kier molecular flexibility index (Phi) is 4.06. The van der Waals surface area contributed by atoms with Gasteiger partial charge in [-0.2, -0.15) is 0 Å². The van der Waals surface area contributed by atoms with Crippen molar-refractivity contribution in [1.29, 1.82) is 0 Å². The fourth-order valence-electron chi connectivity index (χ4n) is 3.42. The summed E-state index contributed by atoms with van der Waals surface area (Å²) in [5.41, 5.74) is 2.29. The Bertz CT molecular complexity index is 741. The maximum Gasteiger partial charge on any atom is 0.276 e. The smallest absolute Gasteiger partial charge is 0.276 e. The molecule has 1 unspecified atom stereocenters. The predicted molar refractivity (Wildman–Crippen MR) is 84.1 cm³/mol. The Morgan fingerprint density at radius 2 is 2.00 bits per heavy atom. The molecule has 4 rings (SSSR count). The van der Waals surface area contributed by atoms with E-state index >= 15 is 0 Å². The Morgan fingerprint density at radius 1 is 1.21 bits per heavy atom. The summed E-state index contributed by atoms with van der Waals surface area (Å²) in [5.74, 6) is 0.474. The molecule has 1 aliphatic heterocycles. The van der Waals surface area contributed by atoms with E-state index < -0.39 is 0 Å². The second-order valence-electron chi connectivity index (χ2n) is 6.30. The first-order valence-electron chi connectivity index (χ1n) is 8.36. The van der Waals surface area contributed by atoms with Gasteiger partial charge >= 0.3 is 0 Å². The van der Waals surface area contributed by atoms with Gasteiger partial charge in [-0.3, -0.25) is 4.79 Å². The molecule has 1 atom stereocenters. The number of carbonyl (C=O) groups excluding carboxylic acids is 1. The summed E-state index contributed by atoms with van der Waals surface area (Å²) in [5, 5.41) is 4.03. The van der Waals surface area contributed by atoms with Crippen LogP contribution in [0.25, 0.3) is 0 Å². The summed E-state index contributed by atoms with van der Waals surface area (Å²) in [6.45, 7) is 1.41. The van der Waals surface area contributed by atoms with E-state index in [-0.39, 0.29) is 17.8 Å². The van der Waals surface area contributed by atoms with Crippen molar-refractivity contribution in [3.8, 4) is 0 Å². The highest BCUT2D eigenvalue weighted by Crippen LogP contribution is 2.27. The van der Waals surface area contributed by atoms with E-state index in [9.17, 15) is 9.18 Å². The molecule has 24 heavy (non-hydrogen) atoms. The largest absolute Gasteiger partial charge is 0.370 e. The molecule has 1 saturated heterocycles. The lowest BCUT2D eigenvalue weighted by molar-refractivity contribution is -0.0231. The Balaban J connectivity index is 1.52. The van der Waals surface area contributed by atoms with E-state index in [4.69, 9.17) is 9.26 Å². The number of nitrogens with zero attached hydrogens (tertiary/aromatic N) is 2. The SMILES string of the molecule is O=C(c1noc2c1CCCC2)N1CCOC(c2ccc(F)cc2)C1. The highest BCUT2D eigenvalue weighted by Gasteiger charge is 2.31. The van der Waals surface area contributed by atoms with Gasteiger partial charge in [0, 0.05) is 18.5 Å². The first kappa shape index (κ1) is 15.3. The van der Waals surface area contributed by atoms with Gasteiger partial charge in [-0.1, -0.05) is 17.3 Å². The van der Waals surface area contributed by atoms with Crippen molar-refractivity contribution in [2.45, 2.75) is 31.8 Å². The van der Waals surface area contributed by atoms with Crippen LogP contribution in [0.2, 0.25) is 0 Å². The minimum absolute atomic E-state index is 0.0997. The minimum Gasteiger partial charge on any atom is -0.370 e. The summed E-state index contributed by atoms with van der Waals surface area (Å²) < 4.78 is 24.2. The van der Waals surface area contributed by atoms with E-state index in [1.165, 1.54) is 12.1 Å². The van der Waals surface area contributed by atoms with Gasteiger partial charge in [0.2, 0.25) is 0 Å². The first-order valence-corrected chi connectivity index (χ1v) is 8.36. The number of morpholine rings is 1. The molecule has 126 valence electrons. The second kappa shape index (κ2) is 6.36. The molecule has 0 bridgehead atoms. The standard InChI is InChI=1S/C18H19FN2O3/c19-13-7-5-12(6-8-13)16-11-21(9-10-23-16)18(22)17-14-3-1-2-4-15(14)24-20-17/h5-8,16H,1-4,9-11H2. The molecule has 0 N–H and O–H groups in total. The molecule has 1 aromatic carbocycles. The van der Waals surface area contributed by atoms with Crippen LogP contribution >= 0.6 is 0 Å². The lowest BCUT2D eigenvalue weighted by atomic mass is 9.96. The summed E-state index contributed by atoms with van der Waals surface area (Å²) in [6, 6.07) is 6.22. The third-order valence-corrected chi connectivity index (χ3v) is 4.75. The van der Waals surface area contributed by atoms with E-state index in [0.717, 1.165) is 42.6 Å². The van der Waals surface area contributed by atoms with Crippen molar-refractivity contribution >= 4 is 5.91 Å². The number of aromatic nitrogens is 1. The van der Waals surface area contributed by atoms with Crippen molar-refractivity contribution < 1.29 is 18.4 Å². The molecule has 6 heteroatoms. The number of fused-ring (bicyclic) bond motifs is 1. The lowest BCUT2D eigenvalue weighted by Crippen LogP contribution is -2.42. The number of rotatable bonds is 2. The molecule has 1 aromatic heterocycles. The molecule has 0 radical (unpaired) electrons. The topological polar surface area (TPSA) is 55.6 Å². The number of aryl methyl sites for hydroxylation is 1. The first-order chi connectivity index (χ1) is 11.7. The van der Waals surface area contributed by atoms with Crippen LogP contribution < -0.4 is 0 Å². The number of hydrogen-bond acceptors (Lipinski definition) is 4. The molecule has 1 aliphatic carbocycles. The highest BCUT2D eigenvalue weighted by atomic mass is 19.1.